The number of nitrogens with two attached hydrogens (primary N) is 1. The number of rotatable bonds is 6. The number of aromatic nitrogens is 4. The van der Waals surface area contributed by atoms with Crippen molar-refractivity contribution in [3.63, 3.8) is 0 Å². The van der Waals surface area contributed by atoms with Crippen molar-refractivity contribution >= 4 is 5.69 Å². The van der Waals surface area contributed by atoms with Crippen LogP contribution < -0.4 is 5.73 Å². The number of anilines is 1. The zero-order chi connectivity index (χ0) is 14.5. The van der Waals surface area contributed by atoms with E-state index in [1.165, 1.54) is 0 Å². The van der Waals surface area contributed by atoms with Gasteiger partial charge in [0.15, 0.2) is 5.82 Å². The fourth-order valence-corrected chi connectivity index (χ4v) is 2.21. The summed E-state index contributed by atoms with van der Waals surface area (Å²) in [5.41, 5.74) is 8.69. The fourth-order valence-electron chi connectivity index (χ4n) is 2.21. The molecule has 0 saturated heterocycles. The zero-order valence-electron chi connectivity index (χ0n) is 12.2. The largest absolute Gasteiger partial charge is 0.398 e. The van der Waals surface area contributed by atoms with E-state index in [-0.39, 0.29) is 6.04 Å². The monoisotopic (exact) mass is 275 g/mol. The van der Waals surface area contributed by atoms with Crippen molar-refractivity contribution in [3.8, 4) is 11.4 Å². The van der Waals surface area contributed by atoms with Crippen LogP contribution in [0.5, 0.6) is 0 Å². The number of nitrogen functional groups attached to an aromatic ring is 1. The van der Waals surface area contributed by atoms with E-state index in [4.69, 9.17) is 10.5 Å². The summed E-state index contributed by atoms with van der Waals surface area (Å²) in [5.74, 6) is 0.729. The lowest BCUT2D eigenvalue weighted by Gasteiger charge is -2.16. The van der Waals surface area contributed by atoms with Crippen LogP contribution in [0.1, 0.15) is 31.4 Å². The number of tetrazole rings is 1. The molecule has 0 saturated carbocycles. The SMILES string of the molecule is CCCC(COC)n1nnnc1-c1ccc(C)c(N)c1. The van der Waals surface area contributed by atoms with Gasteiger partial charge >= 0.3 is 0 Å². The molecule has 0 spiro atoms. The first-order valence-corrected chi connectivity index (χ1v) is 6.80. The van der Waals surface area contributed by atoms with E-state index in [1.807, 2.05) is 29.8 Å². The highest BCUT2D eigenvalue weighted by Gasteiger charge is 2.18. The maximum absolute atomic E-state index is 5.97. The van der Waals surface area contributed by atoms with Crippen molar-refractivity contribution in [2.45, 2.75) is 32.7 Å². The molecule has 0 aliphatic rings. The molecule has 0 amide bonds. The Morgan fingerprint density at radius 1 is 1.40 bits per heavy atom. The van der Waals surface area contributed by atoms with E-state index < -0.39 is 0 Å². The summed E-state index contributed by atoms with van der Waals surface area (Å²) < 4.78 is 7.10. The first kappa shape index (κ1) is 14.5. The van der Waals surface area contributed by atoms with Gasteiger partial charge < -0.3 is 10.5 Å². The smallest absolute Gasteiger partial charge is 0.182 e. The van der Waals surface area contributed by atoms with Gasteiger partial charge in [0.25, 0.3) is 0 Å². The van der Waals surface area contributed by atoms with Crippen LogP contribution >= 0.6 is 0 Å². The molecule has 1 aromatic carbocycles. The van der Waals surface area contributed by atoms with Crippen molar-refractivity contribution < 1.29 is 4.74 Å². The van der Waals surface area contributed by atoms with E-state index in [1.54, 1.807) is 7.11 Å². The van der Waals surface area contributed by atoms with Crippen LogP contribution in [0.2, 0.25) is 0 Å². The molecule has 2 N–H and O–H groups in total. The average Bonchev–Trinajstić information content (AvgIpc) is 2.91. The topological polar surface area (TPSA) is 78.8 Å². The Morgan fingerprint density at radius 2 is 2.20 bits per heavy atom. The third kappa shape index (κ3) is 2.96. The molecule has 6 nitrogen and oxygen atoms in total. The molecule has 20 heavy (non-hydrogen) atoms. The van der Waals surface area contributed by atoms with E-state index in [0.717, 1.165) is 35.5 Å². The molecule has 0 aliphatic carbocycles. The van der Waals surface area contributed by atoms with Crippen LogP contribution in [0, 0.1) is 6.92 Å². The summed E-state index contributed by atoms with van der Waals surface area (Å²) in [5, 5.41) is 12.1. The number of ether oxygens (including phenoxy) is 1. The second-order valence-corrected chi connectivity index (χ2v) is 4.92. The highest BCUT2D eigenvalue weighted by Crippen LogP contribution is 2.25. The molecule has 0 radical (unpaired) electrons. The second kappa shape index (κ2) is 6.47. The highest BCUT2D eigenvalue weighted by atomic mass is 16.5. The van der Waals surface area contributed by atoms with E-state index in [0.29, 0.717) is 6.61 Å². The minimum absolute atomic E-state index is 0.137. The Kier molecular flexibility index (Phi) is 4.68. The van der Waals surface area contributed by atoms with Crippen LogP contribution in [-0.2, 0) is 4.74 Å². The molecule has 1 atom stereocenters. The van der Waals surface area contributed by atoms with Gasteiger partial charge in [-0.3, -0.25) is 0 Å². The zero-order valence-corrected chi connectivity index (χ0v) is 12.2. The van der Waals surface area contributed by atoms with Crippen LogP contribution in [0.15, 0.2) is 18.2 Å². The minimum Gasteiger partial charge on any atom is -0.398 e. The van der Waals surface area contributed by atoms with Gasteiger partial charge in [-0.15, -0.1) is 5.10 Å². The van der Waals surface area contributed by atoms with Gasteiger partial charge in [0.1, 0.15) is 0 Å². The highest BCUT2D eigenvalue weighted by molar-refractivity contribution is 5.63. The summed E-state index contributed by atoms with van der Waals surface area (Å²) >= 11 is 0. The summed E-state index contributed by atoms with van der Waals surface area (Å²) in [6, 6.07) is 6.02. The average molecular weight is 275 g/mol. The molecule has 0 fully saturated rings. The lowest BCUT2D eigenvalue weighted by molar-refractivity contribution is 0.144. The summed E-state index contributed by atoms with van der Waals surface area (Å²) in [7, 11) is 1.69. The van der Waals surface area contributed by atoms with Gasteiger partial charge in [-0.2, -0.15) is 0 Å². The lowest BCUT2D eigenvalue weighted by Crippen LogP contribution is -2.17. The quantitative estimate of drug-likeness (QED) is 0.818. The molecule has 2 rings (SSSR count). The van der Waals surface area contributed by atoms with Crippen molar-refractivity contribution in [3.05, 3.63) is 23.8 Å². The van der Waals surface area contributed by atoms with Crippen LogP contribution in [0.3, 0.4) is 0 Å². The maximum Gasteiger partial charge on any atom is 0.182 e. The number of aryl methyl sites for hydroxylation is 1. The van der Waals surface area contributed by atoms with Crippen LogP contribution in [-0.4, -0.2) is 33.9 Å². The molecule has 1 unspecified atom stereocenters. The van der Waals surface area contributed by atoms with Crippen molar-refractivity contribution in [1.29, 1.82) is 0 Å². The predicted octanol–water partition coefficient (Wildman–Crippen LogP) is 2.22. The fraction of sp³-hybridized carbons (Fsp3) is 0.500. The molecule has 1 heterocycles. The molecule has 2 aromatic rings. The molecule has 0 aliphatic heterocycles. The Hall–Kier alpha value is -1.95. The number of methoxy groups -OCH3 is 1. The summed E-state index contributed by atoms with van der Waals surface area (Å²) in [6.45, 7) is 4.71. The van der Waals surface area contributed by atoms with Gasteiger partial charge in [0, 0.05) is 18.4 Å². The van der Waals surface area contributed by atoms with Crippen molar-refractivity contribution in [1.82, 2.24) is 20.2 Å². The van der Waals surface area contributed by atoms with E-state index in [2.05, 4.69) is 22.4 Å². The van der Waals surface area contributed by atoms with Gasteiger partial charge in [0.2, 0.25) is 0 Å². The van der Waals surface area contributed by atoms with Crippen LogP contribution in [0.4, 0.5) is 5.69 Å². The van der Waals surface area contributed by atoms with Crippen LogP contribution in [0.25, 0.3) is 11.4 Å². The molecule has 1 aromatic heterocycles. The predicted molar refractivity (Wildman–Crippen MR) is 78.2 cm³/mol. The Labute approximate surface area is 118 Å². The van der Waals surface area contributed by atoms with Gasteiger partial charge in [0.05, 0.1) is 12.6 Å². The first-order valence-electron chi connectivity index (χ1n) is 6.80. The number of nitrogens with zero attached hydrogens (tertiary/aromatic N) is 4. The second-order valence-electron chi connectivity index (χ2n) is 4.92. The number of benzene rings is 1. The number of hydrogen-bond donors (Lipinski definition) is 1. The minimum atomic E-state index is 0.137. The third-order valence-corrected chi connectivity index (χ3v) is 3.36. The van der Waals surface area contributed by atoms with E-state index >= 15 is 0 Å². The van der Waals surface area contributed by atoms with Crippen molar-refractivity contribution in [2.24, 2.45) is 0 Å². The van der Waals surface area contributed by atoms with Gasteiger partial charge in [-0.25, -0.2) is 4.68 Å². The Morgan fingerprint density at radius 3 is 2.85 bits per heavy atom. The summed E-state index contributed by atoms with van der Waals surface area (Å²) in [6.07, 6.45) is 2.01. The Balaban J connectivity index is 2.37. The summed E-state index contributed by atoms with van der Waals surface area (Å²) in [4.78, 5) is 0. The van der Waals surface area contributed by atoms with Crippen molar-refractivity contribution in [2.75, 3.05) is 19.5 Å². The molecule has 108 valence electrons. The van der Waals surface area contributed by atoms with Gasteiger partial charge in [-0.1, -0.05) is 25.5 Å². The third-order valence-electron chi connectivity index (χ3n) is 3.36. The molecule has 6 heteroatoms. The number of hydrogen-bond acceptors (Lipinski definition) is 5. The molecular formula is C14H21N5O. The molecular weight excluding hydrogens is 254 g/mol. The first-order chi connectivity index (χ1) is 9.67. The molecule has 0 bridgehead atoms. The normalized spacial score (nSPS) is 12.6. The maximum atomic E-state index is 5.97. The standard InChI is InChI=1S/C14H21N5O/c1-4-5-12(9-20-3)19-14(16-17-18-19)11-7-6-10(2)13(15)8-11/h6-8,12H,4-5,9,15H2,1-3H3. The van der Waals surface area contributed by atoms with E-state index in [9.17, 15) is 0 Å². The van der Waals surface area contributed by atoms with Gasteiger partial charge in [-0.05, 0) is 35.4 Å². The Bertz CT molecular complexity index is 560. The lowest BCUT2D eigenvalue weighted by atomic mass is 10.1.